The Hall–Kier alpha value is 1.00. The van der Waals surface area contributed by atoms with Crippen LogP contribution in [-0.4, -0.2) is 0 Å². The van der Waals surface area contributed by atoms with E-state index in [2.05, 4.69) is 0 Å². The van der Waals surface area contributed by atoms with Gasteiger partial charge in [-0.3, -0.25) is 0 Å². The third-order valence-electron chi connectivity index (χ3n) is 3.97. The standard InChI is InChI=1S/C12H22.Na.H/c1-3-7-11(8-4-1)12-9-5-2-6-10-12;;/h11-12H,1-10H2;;/q;+1;-1. The van der Waals surface area contributed by atoms with Crippen LogP contribution in [-0.2, 0) is 0 Å². The van der Waals surface area contributed by atoms with Gasteiger partial charge in [0.1, 0.15) is 0 Å². The van der Waals surface area contributed by atoms with Crippen LogP contribution in [0.3, 0.4) is 0 Å². The van der Waals surface area contributed by atoms with E-state index in [9.17, 15) is 0 Å². The molecule has 0 heterocycles. The molecule has 0 amide bonds. The molecule has 0 bridgehead atoms. The van der Waals surface area contributed by atoms with Gasteiger partial charge in [-0.05, 0) is 11.8 Å². The first-order valence-corrected chi connectivity index (χ1v) is 5.97. The van der Waals surface area contributed by atoms with Crippen molar-refractivity contribution in [3.63, 3.8) is 0 Å². The second kappa shape index (κ2) is 6.48. The van der Waals surface area contributed by atoms with Crippen LogP contribution in [0.25, 0.3) is 0 Å². The molecule has 0 aromatic rings. The van der Waals surface area contributed by atoms with Crippen LogP contribution in [0.2, 0.25) is 0 Å². The minimum atomic E-state index is 0. The number of rotatable bonds is 1. The molecule has 0 unspecified atom stereocenters. The van der Waals surface area contributed by atoms with E-state index in [1.807, 2.05) is 0 Å². The van der Waals surface area contributed by atoms with Crippen molar-refractivity contribution >= 4 is 0 Å². The summed E-state index contributed by atoms with van der Waals surface area (Å²) in [6.07, 6.45) is 15.4. The van der Waals surface area contributed by atoms with Gasteiger partial charge in [-0.15, -0.1) is 0 Å². The molecule has 72 valence electrons. The Morgan fingerprint density at radius 1 is 0.538 bits per heavy atom. The van der Waals surface area contributed by atoms with Crippen molar-refractivity contribution in [2.45, 2.75) is 64.2 Å². The molecule has 0 aromatic heterocycles. The van der Waals surface area contributed by atoms with Crippen molar-refractivity contribution in [2.75, 3.05) is 0 Å². The third kappa shape index (κ3) is 3.57. The van der Waals surface area contributed by atoms with E-state index in [0.717, 1.165) is 11.8 Å². The minimum Gasteiger partial charge on any atom is -1.00 e. The van der Waals surface area contributed by atoms with E-state index >= 15 is 0 Å². The van der Waals surface area contributed by atoms with Crippen LogP contribution in [0, 0.1) is 11.8 Å². The summed E-state index contributed by atoms with van der Waals surface area (Å²) in [5.41, 5.74) is 0. The normalized spacial score (nSPS) is 26.8. The molecule has 2 fully saturated rings. The summed E-state index contributed by atoms with van der Waals surface area (Å²) in [5, 5.41) is 0. The van der Waals surface area contributed by atoms with Crippen molar-refractivity contribution in [1.82, 2.24) is 0 Å². The van der Waals surface area contributed by atoms with Crippen LogP contribution >= 0.6 is 0 Å². The summed E-state index contributed by atoms with van der Waals surface area (Å²) in [4.78, 5) is 0. The van der Waals surface area contributed by atoms with Gasteiger partial charge < -0.3 is 1.43 Å². The van der Waals surface area contributed by atoms with E-state index < -0.39 is 0 Å². The summed E-state index contributed by atoms with van der Waals surface area (Å²) in [6.45, 7) is 0. The van der Waals surface area contributed by atoms with E-state index in [-0.39, 0.29) is 31.0 Å². The molecule has 0 aromatic carbocycles. The summed E-state index contributed by atoms with van der Waals surface area (Å²) < 4.78 is 0. The van der Waals surface area contributed by atoms with Crippen LogP contribution in [0.5, 0.6) is 0 Å². The summed E-state index contributed by atoms with van der Waals surface area (Å²) in [6, 6.07) is 0. The Labute approximate surface area is 107 Å². The third-order valence-corrected chi connectivity index (χ3v) is 3.97. The maximum atomic E-state index is 1.56. The Balaban J connectivity index is 0.000000845. The van der Waals surface area contributed by atoms with Gasteiger partial charge in [-0.2, -0.15) is 0 Å². The molecule has 1 heteroatoms. The van der Waals surface area contributed by atoms with Gasteiger partial charge in [0.25, 0.3) is 0 Å². The summed E-state index contributed by atoms with van der Waals surface area (Å²) in [5.74, 6) is 2.28. The molecule has 0 atom stereocenters. The number of hydrogen-bond donors (Lipinski definition) is 0. The molecule has 2 rings (SSSR count). The van der Waals surface area contributed by atoms with Crippen molar-refractivity contribution in [3.8, 4) is 0 Å². The summed E-state index contributed by atoms with van der Waals surface area (Å²) in [7, 11) is 0. The number of hydrogen-bond acceptors (Lipinski definition) is 0. The van der Waals surface area contributed by atoms with Gasteiger partial charge in [0.2, 0.25) is 0 Å². The molecular weight excluding hydrogens is 167 g/mol. The van der Waals surface area contributed by atoms with Gasteiger partial charge in [-0.25, -0.2) is 0 Å². The van der Waals surface area contributed by atoms with Crippen molar-refractivity contribution in [1.29, 1.82) is 0 Å². The Bertz CT molecular complexity index is 110. The summed E-state index contributed by atoms with van der Waals surface area (Å²) >= 11 is 0. The molecule has 13 heavy (non-hydrogen) atoms. The predicted molar refractivity (Wildman–Crippen MR) is 54.3 cm³/mol. The predicted octanol–water partition coefficient (Wildman–Crippen LogP) is 1.26. The fourth-order valence-electron chi connectivity index (χ4n) is 3.21. The molecule has 0 nitrogen and oxygen atoms in total. The Morgan fingerprint density at radius 3 is 1.15 bits per heavy atom. The van der Waals surface area contributed by atoms with Crippen LogP contribution in [0.4, 0.5) is 0 Å². The van der Waals surface area contributed by atoms with Crippen molar-refractivity contribution in [2.24, 2.45) is 11.8 Å². The first-order chi connectivity index (χ1) is 5.97. The van der Waals surface area contributed by atoms with E-state index in [1.165, 1.54) is 38.5 Å². The van der Waals surface area contributed by atoms with E-state index in [0.29, 0.717) is 0 Å². The SMILES string of the molecule is C1CCC(C2CCCCC2)CC1.[H-].[Na+]. The van der Waals surface area contributed by atoms with Gasteiger partial charge in [0, 0.05) is 0 Å². The minimum absolute atomic E-state index is 0. The van der Waals surface area contributed by atoms with Gasteiger partial charge in [-0.1, -0.05) is 64.2 Å². The Kier molecular flexibility index (Phi) is 6.01. The monoisotopic (exact) mass is 190 g/mol. The van der Waals surface area contributed by atoms with E-state index in [4.69, 9.17) is 0 Å². The molecular formula is C12H23Na. The van der Waals surface area contributed by atoms with Crippen molar-refractivity contribution < 1.29 is 31.0 Å². The van der Waals surface area contributed by atoms with Gasteiger partial charge in [0.15, 0.2) is 0 Å². The molecule has 0 spiro atoms. The second-order valence-corrected chi connectivity index (χ2v) is 4.80. The molecule has 0 aliphatic heterocycles. The van der Waals surface area contributed by atoms with Crippen LogP contribution in [0.15, 0.2) is 0 Å². The maximum Gasteiger partial charge on any atom is 1.00 e. The van der Waals surface area contributed by atoms with Crippen LogP contribution in [0.1, 0.15) is 65.6 Å². The molecule has 2 aliphatic carbocycles. The zero-order valence-corrected chi connectivity index (χ0v) is 11.2. The van der Waals surface area contributed by atoms with Crippen LogP contribution < -0.4 is 29.6 Å². The molecule has 2 saturated carbocycles. The van der Waals surface area contributed by atoms with Gasteiger partial charge in [0.05, 0.1) is 0 Å². The molecule has 2 aliphatic rings. The topological polar surface area (TPSA) is 0 Å². The Morgan fingerprint density at radius 2 is 0.846 bits per heavy atom. The van der Waals surface area contributed by atoms with Crippen molar-refractivity contribution in [3.05, 3.63) is 0 Å². The first kappa shape index (κ1) is 12.1. The molecule has 0 saturated heterocycles. The quantitative estimate of drug-likeness (QED) is 0.546. The van der Waals surface area contributed by atoms with Gasteiger partial charge >= 0.3 is 29.6 Å². The largest absolute Gasteiger partial charge is 1.00 e. The zero-order chi connectivity index (χ0) is 8.23. The first-order valence-electron chi connectivity index (χ1n) is 5.97. The maximum absolute atomic E-state index is 1.56. The molecule has 0 radical (unpaired) electrons. The molecule has 0 N–H and O–H groups in total. The second-order valence-electron chi connectivity index (χ2n) is 4.80. The fraction of sp³-hybridized carbons (Fsp3) is 1.00. The average Bonchev–Trinajstić information content (AvgIpc) is 2.21. The smallest absolute Gasteiger partial charge is 1.00 e. The van der Waals surface area contributed by atoms with E-state index in [1.54, 1.807) is 25.7 Å². The zero-order valence-electron chi connectivity index (χ0n) is 10.2. The fourth-order valence-corrected chi connectivity index (χ4v) is 3.21. The average molecular weight is 190 g/mol.